The van der Waals surface area contributed by atoms with Crippen LogP contribution in [0.25, 0.3) is 0 Å². The van der Waals surface area contributed by atoms with Crippen LogP contribution < -0.4 is 16.2 Å². The molecule has 0 fully saturated rings. The van der Waals surface area contributed by atoms with Crippen molar-refractivity contribution in [2.75, 3.05) is 5.73 Å². The van der Waals surface area contributed by atoms with Gasteiger partial charge in [0.1, 0.15) is 11.5 Å². The van der Waals surface area contributed by atoms with E-state index in [0.717, 1.165) is 0 Å². The van der Waals surface area contributed by atoms with Gasteiger partial charge in [0.05, 0.1) is 5.56 Å². The molecular weight excluding hydrogens is 252 g/mol. The molecule has 2 aromatic carbocycles. The lowest BCUT2D eigenvalue weighted by molar-refractivity contribution is 0.0998. The van der Waals surface area contributed by atoms with Crippen molar-refractivity contribution in [3.63, 3.8) is 0 Å². The maximum atomic E-state index is 11.4. The molecule has 0 aliphatic carbocycles. The van der Waals surface area contributed by atoms with Crippen molar-refractivity contribution < 1.29 is 9.53 Å². The highest BCUT2D eigenvalue weighted by Gasteiger charge is 2.11. The van der Waals surface area contributed by atoms with Gasteiger partial charge in [0.25, 0.3) is 5.91 Å². The number of benzene rings is 2. The van der Waals surface area contributed by atoms with Crippen molar-refractivity contribution in [3.8, 4) is 11.5 Å². The first-order chi connectivity index (χ1) is 9.47. The normalized spacial score (nSPS) is 10.6. The summed E-state index contributed by atoms with van der Waals surface area (Å²) in [5.74, 6) is 0.920. The van der Waals surface area contributed by atoms with Crippen molar-refractivity contribution in [1.82, 2.24) is 0 Å². The Kier molecular flexibility index (Phi) is 3.94. The van der Waals surface area contributed by atoms with Crippen LogP contribution >= 0.6 is 0 Å². The number of carbonyl (C=O) groups excluding carboxylic acids is 1. The number of nitrogen functional groups attached to an aromatic ring is 1. The number of nitrogens with two attached hydrogens (primary N) is 2. The zero-order valence-corrected chi connectivity index (χ0v) is 11.6. The first-order valence-electron chi connectivity index (χ1n) is 6.44. The predicted molar refractivity (Wildman–Crippen MR) is 80.0 cm³/mol. The van der Waals surface area contributed by atoms with Gasteiger partial charge in [-0.3, -0.25) is 4.79 Å². The number of rotatable bonds is 4. The van der Waals surface area contributed by atoms with Crippen LogP contribution in [0.1, 0.15) is 35.7 Å². The summed E-state index contributed by atoms with van der Waals surface area (Å²) in [5, 5.41) is 0. The summed E-state index contributed by atoms with van der Waals surface area (Å²) >= 11 is 0. The molecule has 0 unspecified atom stereocenters. The highest BCUT2D eigenvalue weighted by molar-refractivity contribution is 5.96. The van der Waals surface area contributed by atoms with Gasteiger partial charge in [0, 0.05) is 5.69 Å². The molecule has 2 rings (SSSR count). The molecule has 4 nitrogen and oxygen atoms in total. The number of hydrogen-bond donors (Lipinski definition) is 2. The summed E-state index contributed by atoms with van der Waals surface area (Å²) in [6, 6.07) is 12.6. The topological polar surface area (TPSA) is 78.3 Å². The molecule has 0 bridgehead atoms. The Morgan fingerprint density at radius 1 is 1.15 bits per heavy atom. The average molecular weight is 270 g/mol. The highest BCUT2D eigenvalue weighted by atomic mass is 16.5. The van der Waals surface area contributed by atoms with Crippen molar-refractivity contribution in [1.29, 1.82) is 0 Å². The van der Waals surface area contributed by atoms with Crippen LogP contribution in [-0.2, 0) is 0 Å². The van der Waals surface area contributed by atoms with Crippen LogP contribution in [0, 0.1) is 0 Å². The Hall–Kier alpha value is -2.49. The molecule has 0 spiro atoms. The molecule has 0 heterocycles. The molecule has 2 aromatic rings. The smallest absolute Gasteiger partial charge is 0.252 e. The standard InChI is InChI=1S/C16H18N2O2/c1-10(2)11-4-3-5-13(8-11)20-15-7-6-12(17)9-14(15)16(18)19/h3-10H,17H2,1-2H3,(H2,18,19). The zero-order chi connectivity index (χ0) is 14.7. The van der Waals surface area contributed by atoms with Crippen molar-refractivity contribution in [3.05, 3.63) is 53.6 Å². The van der Waals surface area contributed by atoms with E-state index >= 15 is 0 Å². The first-order valence-corrected chi connectivity index (χ1v) is 6.44. The van der Waals surface area contributed by atoms with E-state index < -0.39 is 5.91 Å². The van der Waals surface area contributed by atoms with Crippen LogP contribution in [0.4, 0.5) is 5.69 Å². The van der Waals surface area contributed by atoms with E-state index in [-0.39, 0.29) is 5.56 Å². The lowest BCUT2D eigenvalue weighted by atomic mass is 10.0. The van der Waals surface area contributed by atoms with Gasteiger partial charge in [-0.05, 0) is 41.8 Å². The fourth-order valence-electron chi connectivity index (χ4n) is 1.89. The number of primary amides is 1. The minimum Gasteiger partial charge on any atom is -0.457 e. The zero-order valence-electron chi connectivity index (χ0n) is 11.6. The summed E-state index contributed by atoms with van der Waals surface area (Å²) in [4.78, 5) is 11.4. The van der Waals surface area contributed by atoms with E-state index in [4.69, 9.17) is 16.2 Å². The second-order valence-corrected chi connectivity index (χ2v) is 4.95. The van der Waals surface area contributed by atoms with Gasteiger partial charge in [-0.15, -0.1) is 0 Å². The predicted octanol–water partition coefficient (Wildman–Crippen LogP) is 3.28. The molecule has 1 amide bonds. The Morgan fingerprint density at radius 3 is 2.55 bits per heavy atom. The summed E-state index contributed by atoms with van der Waals surface area (Å²) < 4.78 is 5.76. The fourth-order valence-corrected chi connectivity index (χ4v) is 1.89. The Bertz CT molecular complexity index is 636. The van der Waals surface area contributed by atoms with Gasteiger partial charge >= 0.3 is 0 Å². The third-order valence-electron chi connectivity index (χ3n) is 3.02. The van der Waals surface area contributed by atoms with Crippen molar-refractivity contribution in [2.45, 2.75) is 19.8 Å². The minimum atomic E-state index is -0.563. The van der Waals surface area contributed by atoms with Gasteiger partial charge < -0.3 is 16.2 Å². The number of carbonyl (C=O) groups is 1. The third-order valence-corrected chi connectivity index (χ3v) is 3.02. The molecule has 0 radical (unpaired) electrons. The van der Waals surface area contributed by atoms with Crippen LogP contribution in [0.5, 0.6) is 11.5 Å². The second kappa shape index (κ2) is 5.65. The number of ether oxygens (including phenoxy) is 1. The van der Waals surface area contributed by atoms with Gasteiger partial charge in [-0.1, -0.05) is 26.0 Å². The molecule has 20 heavy (non-hydrogen) atoms. The molecule has 0 saturated carbocycles. The number of amides is 1. The highest BCUT2D eigenvalue weighted by Crippen LogP contribution is 2.28. The van der Waals surface area contributed by atoms with E-state index in [1.165, 1.54) is 11.6 Å². The minimum absolute atomic E-state index is 0.278. The Labute approximate surface area is 118 Å². The van der Waals surface area contributed by atoms with E-state index in [9.17, 15) is 4.79 Å². The molecule has 4 heteroatoms. The third kappa shape index (κ3) is 3.09. The summed E-state index contributed by atoms with van der Waals surface area (Å²) in [5.41, 5.74) is 12.9. The van der Waals surface area contributed by atoms with Crippen molar-refractivity contribution in [2.24, 2.45) is 5.73 Å². The van der Waals surface area contributed by atoms with E-state index in [0.29, 0.717) is 23.1 Å². The maximum Gasteiger partial charge on any atom is 0.252 e. The molecule has 0 aromatic heterocycles. The number of anilines is 1. The monoisotopic (exact) mass is 270 g/mol. The van der Waals surface area contributed by atoms with E-state index in [1.807, 2.05) is 24.3 Å². The van der Waals surface area contributed by atoms with E-state index in [1.54, 1.807) is 12.1 Å². The first kappa shape index (κ1) is 13.9. The average Bonchev–Trinajstić information content (AvgIpc) is 2.41. The molecule has 0 aliphatic heterocycles. The second-order valence-electron chi connectivity index (χ2n) is 4.95. The SMILES string of the molecule is CC(C)c1cccc(Oc2ccc(N)cc2C(N)=O)c1. The number of hydrogen-bond acceptors (Lipinski definition) is 3. The molecular formula is C16H18N2O2. The Balaban J connectivity index is 2.35. The van der Waals surface area contributed by atoms with Gasteiger partial charge in [0.15, 0.2) is 0 Å². The summed E-state index contributed by atoms with van der Waals surface area (Å²) in [7, 11) is 0. The lowest BCUT2D eigenvalue weighted by Crippen LogP contribution is -2.12. The molecule has 0 atom stereocenters. The molecule has 4 N–H and O–H groups in total. The summed E-state index contributed by atoms with van der Waals surface area (Å²) in [6.07, 6.45) is 0. The maximum absolute atomic E-state index is 11.4. The van der Waals surface area contributed by atoms with E-state index in [2.05, 4.69) is 13.8 Å². The van der Waals surface area contributed by atoms with Crippen LogP contribution in [0.15, 0.2) is 42.5 Å². The lowest BCUT2D eigenvalue weighted by Gasteiger charge is -2.12. The molecule has 0 aliphatic rings. The van der Waals surface area contributed by atoms with Crippen LogP contribution in [-0.4, -0.2) is 5.91 Å². The molecule has 104 valence electrons. The van der Waals surface area contributed by atoms with Crippen molar-refractivity contribution >= 4 is 11.6 Å². The Morgan fingerprint density at radius 2 is 1.90 bits per heavy atom. The van der Waals surface area contributed by atoms with Crippen LogP contribution in [0.2, 0.25) is 0 Å². The molecule has 0 saturated heterocycles. The van der Waals surface area contributed by atoms with Gasteiger partial charge in [-0.25, -0.2) is 0 Å². The largest absolute Gasteiger partial charge is 0.457 e. The van der Waals surface area contributed by atoms with Gasteiger partial charge in [0.2, 0.25) is 0 Å². The van der Waals surface area contributed by atoms with Crippen LogP contribution in [0.3, 0.4) is 0 Å². The summed E-state index contributed by atoms with van der Waals surface area (Å²) in [6.45, 7) is 4.22. The fraction of sp³-hybridized carbons (Fsp3) is 0.188. The van der Waals surface area contributed by atoms with Gasteiger partial charge in [-0.2, -0.15) is 0 Å². The quantitative estimate of drug-likeness (QED) is 0.837.